The van der Waals surface area contributed by atoms with Gasteiger partial charge in [0.2, 0.25) is 0 Å². The van der Waals surface area contributed by atoms with Crippen molar-refractivity contribution in [3.63, 3.8) is 0 Å². The van der Waals surface area contributed by atoms with Gasteiger partial charge in [-0.25, -0.2) is 0 Å². The summed E-state index contributed by atoms with van der Waals surface area (Å²) >= 11 is 0. The summed E-state index contributed by atoms with van der Waals surface area (Å²) in [6.07, 6.45) is 4.06. The molecular weight excluding hydrogens is 375 g/mol. The third kappa shape index (κ3) is 3.97. The quantitative estimate of drug-likeness (QED) is 0.533. The number of hydrogen-bond donors (Lipinski definition) is 0. The van der Waals surface area contributed by atoms with Crippen molar-refractivity contribution in [3.8, 4) is 0 Å². The molecular formula is C22H22BrP. The molecule has 0 bridgehead atoms. The van der Waals surface area contributed by atoms with Gasteiger partial charge in [-0.3, -0.25) is 0 Å². The topological polar surface area (TPSA) is 0 Å². The maximum absolute atomic E-state index is 2.35. The van der Waals surface area contributed by atoms with E-state index in [1.54, 1.807) is 5.56 Å². The number of halogens is 1. The van der Waals surface area contributed by atoms with E-state index in [1.807, 2.05) is 0 Å². The lowest BCUT2D eigenvalue weighted by atomic mass is 10.1. The minimum atomic E-state index is -0.470. The zero-order chi connectivity index (χ0) is 15.5. The summed E-state index contributed by atoms with van der Waals surface area (Å²) in [7, 11) is -0.470. The maximum atomic E-state index is 2.35. The lowest BCUT2D eigenvalue weighted by molar-refractivity contribution is 0.837. The van der Waals surface area contributed by atoms with Crippen LogP contribution in [-0.2, 0) is 6.42 Å². The van der Waals surface area contributed by atoms with Crippen molar-refractivity contribution >= 4 is 40.8 Å². The molecule has 0 spiro atoms. The molecule has 0 aliphatic heterocycles. The molecule has 0 aromatic heterocycles. The highest BCUT2D eigenvalue weighted by Crippen LogP contribution is 2.37. The summed E-state index contributed by atoms with van der Waals surface area (Å²) in [6, 6.07) is 31.1. The molecule has 0 nitrogen and oxygen atoms in total. The highest BCUT2D eigenvalue weighted by Gasteiger charge is 2.25. The van der Waals surface area contributed by atoms with Crippen molar-refractivity contribution < 1.29 is 0 Å². The molecule has 122 valence electrons. The first kappa shape index (κ1) is 17.4. The molecule has 0 unspecified atom stereocenters. The Labute approximate surface area is 156 Å². The van der Waals surface area contributed by atoms with E-state index in [9.17, 15) is 0 Å². The first-order valence-electron chi connectivity index (χ1n) is 8.40. The van der Waals surface area contributed by atoms with Gasteiger partial charge in [-0.2, -0.15) is 0 Å². The van der Waals surface area contributed by atoms with Gasteiger partial charge in [-0.05, 0) is 54.6 Å². The molecule has 0 radical (unpaired) electrons. The minimum absolute atomic E-state index is 0. The molecule has 3 aromatic rings. The second-order valence-electron chi connectivity index (χ2n) is 6.28. The standard InChI is InChI=1S/C22H21P.BrH/c1-3-10-20(11-4-1)23(21-12-5-2-6-13-21)22-14-8-7-9-19(22)17-18-15-16-18;/h1-14,18H,15-17H2;1H. The molecule has 1 saturated carbocycles. The SMILES string of the molecule is Br.c1ccc(P(c2ccccc2)c2ccccc2CC2CC2)cc1. The Morgan fingerprint density at radius 2 is 1.17 bits per heavy atom. The van der Waals surface area contributed by atoms with E-state index in [-0.39, 0.29) is 17.0 Å². The maximum Gasteiger partial charge on any atom is -0.0119 e. The van der Waals surface area contributed by atoms with Gasteiger partial charge in [0, 0.05) is 0 Å². The summed E-state index contributed by atoms with van der Waals surface area (Å²) in [5, 5.41) is 4.42. The van der Waals surface area contributed by atoms with Crippen LogP contribution in [0.15, 0.2) is 84.9 Å². The molecule has 0 atom stereocenters. The molecule has 1 aliphatic rings. The Morgan fingerprint density at radius 3 is 1.71 bits per heavy atom. The zero-order valence-corrected chi connectivity index (χ0v) is 16.2. The van der Waals surface area contributed by atoms with Gasteiger partial charge >= 0.3 is 0 Å². The van der Waals surface area contributed by atoms with Crippen molar-refractivity contribution in [2.45, 2.75) is 19.3 Å². The number of hydrogen-bond acceptors (Lipinski definition) is 0. The smallest absolute Gasteiger partial charge is 0.0119 e. The van der Waals surface area contributed by atoms with E-state index >= 15 is 0 Å². The predicted molar refractivity (Wildman–Crippen MR) is 112 cm³/mol. The molecule has 4 rings (SSSR count). The second-order valence-corrected chi connectivity index (χ2v) is 8.47. The molecule has 24 heavy (non-hydrogen) atoms. The van der Waals surface area contributed by atoms with Crippen molar-refractivity contribution in [3.05, 3.63) is 90.5 Å². The van der Waals surface area contributed by atoms with E-state index < -0.39 is 7.92 Å². The molecule has 0 saturated heterocycles. The zero-order valence-electron chi connectivity index (χ0n) is 13.6. The van der Waals surface area contributed by atoms with Crippen LogP contribution in [0.3, 0.4) is 0 Å². The molecule has 2 heteroatoms. The van der Waals surface area contributed by atoms with Crippen LogP contribution in [0.25, 0.3) is 0 Å². The predicted octanol–water partition coefficient (Wildman–Crippen LogP) is 4.98. The Balaban J connectivity index is 0.00000169. The van der Waals surface area contributed by atoms with Crippen molar-refractivity contribution in [2.24, 2.45) is 5.92 Å². The van der Waals surface area contributed by atoms with Crippen LogP contribution in [0, 0.1) is 5.92 Å². The van der Waals surface area contributed by atoms with Crippen LogP contribution in [0.4, 0.5) is 0 Å². The Kier molecular flexibility index (Phi) is 5.87. The lowest BCUT2D eigenvalue weighted by Crippen LogP contribution is -2.23. The van der Waals surface area contributed by atoms with Crippen LogP contribution >= 0.6 is 24.9 Å². The van der Waals surface area contributed by atoms with Gasteiger partial charge < -0.3 is 0 Å². The first-order valence-corrected chi connectivity index (χ1v) is 9.74. The average Bonchev–Trinajstić information content (AvgIpc) is 3.43. The van der Waals surface area contributed by atoms with Crippen LogP contribution < -0.4 is 15.9 Å². The van der Waals surface area contributed by atoms with Crippen LogP contribution in [0.5, 0.6) is 0 Å². The van der Waals surface area contributed by atoms with Gasteiger partial charge in [0.15, 0.2) is 0 Å². The van der Waals surface area contributed by atoms with Gasteiger partial charge in [0.05, 0.1) is 0 Å². The largest absolute Gasteiger partial charge is 0.114 e. The third-order valence-electron chi connectivity index (χ3n) is 4.47. The molecule has 1 aliphatic carbocycles. The average molecular weight is 397 g/mol. The molecule has 3 aromatic carbocycles. The highest BCUT2D eigenvalue weighted by molar-refractivity contribution is 8.93. The normalized spacial score (nSPS) is 13.5. The fourth-order valence-electron chi connectivity index (χ4n) is 3.12. The second kappa shape index (κ2) is 8.10. The first-order chi connectivity index (χ1) is 11.4. The molecule has 0 amide bonds. The summed E-state index contributed by atoms with van der Waals surface area (Å²) in [4.78, 5) is 0. The van der Waals surface area contributed by atoms with E-state index in [0.717, 1.165) is 5.92 Å². The summed E-state index contributed by atoms with van der Waals surface area (Å²) in [5.41, 5.74) is 1.55. The highest BCUT2D eigenvalue weighted by atomic mass is 79.9. The van der Waals surface area contributed by atoms with Gasteiger partial charge in [0.25, 0.3) is 0 Å². The van der Waals surface area contributed by atoms with Gasteiger partial charge in [-0.15, -0.1) is 17.0 Å². The molecule has 0 N–H and O–H groups in total. The van der Waals surface area contributed by atoms with Crippen molar-refractivity contribution in [1.29, 1.82) is 0 Å². The van der Waals surface area contributed by atoms with Crippen molar-refractivity contribution in [2.75, 3.05) is 0 Å². The van der Waals surface area contributed by atoms with Gasteiger partial charge in [-0.1, -0.05) is 84.9 Å². The number of benzene rings is 3. The van der Waals surface area contributed by atoms with Gasteiger partial charge in [0.1, 0.15) is 0 Å². The van der Waals surface area contributed by atoms with Crippen LogP contribution in [0.1, 0.15) is 18.4 Å². The van der Waals surface area contributed by atoms with E-state index in [0.29, 0.717) is 0 Å². The third-order valence-corrected chi connectivity index (χ3v) is 7.01. The lowest BCUT2D eigenvalue weighted by Gasteiger charge is -2.22. The fraction of sp³-hybridized carbons (Fsp3) is 0.182. The van der Waals surface area contributed by atoms with E-state index in [4.69, 9.17) is 0 Å². The van der Waals surface area contributed by atoms with E-state index in [2.05, 4.69) is 84.9 Å². The van der Waals surface area contributed by atoms with Crippen LogP contribution in [0.2, 0.25) is 0 Å². The monoisotopic (exact) mass is 396 g/mol. The molecule has 0 heterocycles. The van der Waals surface area contributed by atoms with Crippen molar-refractivity contribution in [1.82, 2.24) is 0 Å². The Morgan fingerprint density at radius 1 is 0.667 bits per heavy atom. The minimum Gasteiger partial charge on any atom is -0.114 e. The van der Waals surface area contributed by atoms with E-state index in [1.165, 1.54) is 35.2 Å². The van der Waals surface area contributed by atoms with Crippen LogP contribution in [-0.4, -0.2) is 0 Å². The Bertz CT molecular complexity index is 727. The molecule has 1 fully saturated rings. The summed E-state index contributed by atoms with van der Waals surface area (Å²) in [5.74, 6) is 0.916. The summed E-state index contributed by atoms with van der Waals surface area (Å²) in [6.45, 7) is 0. The summed E-state index contributed by atoms with van der Waals surface area (Å²) < 4.78 is 0. The number of rotatable bonds is 5. The fourth-order valence-corrected chi connectivity index (χ4v) is 5.60. The Hall–Kier alpha value is -1.43.